The lowest BCUT2D eigenvalue weighted by molar-refractivity contribution is -0.385. The quantitative estimate of drug-likeness (QED) is 0.614. The average molecular weight is 282 g/mol. The van der Waals surface area contributed by atoms with Crippen molar-refractivity contribution in [3.63, 3.8) is 0 Å². The number of nitro groups is 1. The lowest BCUT2D eigenvalue weighted by Crippen LogP contribution is -2.32. The van der Waals surface area contributed by atoms with E-state index in [1.54, 1.807) is 6.92 Å². The maximum Gasteiger partial charge on any atom is 0.309 e. The second-order valence-corrected chi connectivity index (χ2v) is 4.78. The van der Waals surface area contributed by atoms with Crippen LogP contribution in [0.15, 0.2) is 6.20 Å². The van der Waals surface area contributed by atoms with Gasteiger partial charge in [0.15, 0.2) is 0 Å². The predicted molar refractivity (Wildman–Crippen MR) is 70.2 cm³/mol. The minimum Gasteiger partial charge on any atom is -0.376 e. The highest BCUT2D eigenvalue weighted by Gasteiger charge is 2.18. The molecule has 110 valence electrons. The normalized spacial score (nSPS) is 18.1. The van der Waals surface area contributed by atoms with Crippen LogP contribution in [-0.4, -0.2) is 39.9 Å². The first-order chi connectivity index (χ1) is 9.58. The van der Waals surface area contributed by atoms with E-state index in [1.165, 1.54) is 10.9 Å². The zero-order chi connectivity index (χ0) is 14.5. The highest BCUT2D eigenvalue weighted by molar-refractivity contribution is 5.75. The Morgan fingerprint density at radius 1 is 1.70 bits per heavy atom. The molecule has 0 radical (unpaired) electrons. The van der Waals surface area contributed by atoms with Gasteiger partial charge in [-0.3, -0.25) is 19.6 Å². The van der Waals surface area contributed by atoms with Crippen molar-refractivity contribution in [3.8, 4) is 0 Å². The van der Waals surface area contributed by atoms with Crippen molar-refractivity contribution in [2.24, 2.45) is 0 Å². The Hall–Kier alpha value is -1.96. The molecule has 1 N–H and O–H groups in total. The summed E-state index contributed by atoms with van der Waals surface area (Å²) >= 11 is 0. The topological polar surface area (TPSA) is 99.3 Å². The van der Waals surface area contributed by atoms with E-state index in [0.717, 1.165) is 19.4 Å². The number of carbonyl (C=O) groups is 1. The Morgan fingerprint density at radius 2 is 2.50 bits per heavy atom. The SMILES string of the molecule is Cc1c([N+](=O)[O-])cnn1CCC(=O)NCC1CCCO1. The third-order valence-corrected chi connectivity index (χ3v) is 3.38. The summed E-state index contributed by atoms with van der Waals surface area (Å²) in [6.45, 7) is 3.24. The van der Waals surface area contributed by atoms with Crippen molar-refractivity contribution >= 4 is 11.6 Å². The maximum absolute atomic E-state index is 11.7. The van der Waals surface area contributed by atoms with Crippen LogP contribution in [0, 0.1) is 17.0 Å². The summed E-state index contributed by atoms with van der Waals surface area (Å²) in [6.07, 6.45) is 3.58. The molecule has 1 aliphatic heterocycles. The maximum atomic E-state index is 11.7. The number of carbonyl (C=O) groups excluding carboxylic acids is 1. The van der Waals surface area contributed by atoms with Crippen LogP contribution in [0.4, 0.5) is 5.69 Å². The van der Waals surface area contributed by atoms with Gasteiger partial charge in [0, 0.05) is 19.6 Å². The lowest BCUT2D eigenvalue weighted by atomic mass is 10.2. The summed E-state index contributed by atoms with van der Waals surface area (Å²) in [5.41, 5.74) is 0.437. The number of hydrogen-bond donors (Lipinski definition) is 1. The smallest absolute Gasteiger partial charge is 0.309 e. The van der Waals surface area contributed by atoms with Crippen molar-refractivity contribution in [1.82, 2.24) is 15.1 Å². The molecule has 1 aliphatic rings. The fraction of sp³-hybridized carbons (Fsp3) is 0.667. The van der Waals surface area contributed by atoms with Crippen molar-refractivity contribution in [2.45, 2.75) is 38.8 Å². The van der Waals surface area contributed by atoms with Gasteiger partial charge in [-0.05, 0) is 19.8 Å². The molecular formula is C12H18N4O4. The van der Waals surface area contributed by atoms with Gasteiger partial charge in [-0.1, -0.05) is 0 Å². The molecule has 1 amide bonds. The summed E-state index contributed by atoms with van der Waals surface area (Å²) in [5, 5.41) is 17.4. The van der Waals surface area contributed by atoms with Crippen molar-refractivity contribution < 1.29 is 14.5 Å². The number of hydrogen-bond acceptors (Lipinski definition) is 5. The molecule has 0 spiro atoms. The van der Waals surface area contributed by atoms with E-state index in [0.29, 0.717) is 18.8 Å². The summed E-state index contributed by atoms with van der Waals surface area (Å²) in [4.78, 5) is 21.9. The Balaban J connectivity index is 1.76. The standard InChI is InChI=1S/C12H18N4O4/c1-9-11(16(18)19)8-14-15(9)5-4-12(17)13-7-10-3-2-6-20-10/h8,10H,2-7H2,1H3,(H,13,17). The monoisotopic (exact) mass is 282 g/mol. The first-order valence-electron chi connectivity index (χ1n) is 6.63. The van der Waals surface area contributed by atoms with E-state index in [2.05, 4.69) is 10.4 Å². The van der Waals surface area contributed by atoms with Crippen LogP contribution in [0.1, 0.15) is 25.0 Å². The molecule has 0 aromatic carbocycles. The molecule has 8 heteroatoms. The fourth-order valence-corrected chi connectivity index (χ4v) is 2.17. The van der Waals surface area contributed by atoms with Crippen LogP contribution in [0.25, 0.3) is 0 Å². The van der Waals surface area contributed by atoms with Gasteiger partial charge in [0.2, 0.25) is 5.91 Å². The fourth-order valence-electron chi connectivity index (χ4n) is 2.17. The molecule has 1 unspecified atom stereocenters. The molecule has 0 bridgehead atoms. The average Bonchev–Trinajstić information content (AvgIpc) is 3.03. The second-order valence-electron chi connectivity index (χ2n) is 4.78. The van der Waals surface area contributed by atoms with Crippen molar-refractivity contribution in [3.05, 3.63) is 22.0 Å². The van der Waals surface area contributed by atoms with E-state index in [-0.39, 0.29) is 24.1 Å². The molecule has 1 saturated heterocycles. The number of rotatable bonds is 6. The number of amides is 1. The first kappa shape index (κ1) is 14.4. The largest absolute Gasteiger partial charge is 0.376 e. The van der Waals surface area contributed by atoms with Gasteiger partial charge in [-0.25, -0.2) is 0 Å². The highest BCUT2D eigenvalue weighted by Crippen LogP contribution is 2.16. The van der Waals surface area contributed by atoms with Gasteiger partial charge in [0.25, 0.3) is 0 Å². The van der Waals surface area contributed by atoms with Crippen LogP contribution in [0.2, 0.25) is 0 Å². The van der Waals surface area contributed by atoms with E-state index in [9.17, 15) is 14.9 Å². The highest BCUT2D eigenvalue weighted by atomic mass is 16.6. The zero-order valence-corrected chi connectivity index (χ0v) is 11.4. The van der Waals surface area contributed by atoms with Crippen LogP contribution in [0.5, 0.6) is 0 Å². The molecular weight excluding hydrogens is 264 g/mol. The molecule has 1 atom stereocenters. The number of aromatic nitrogens is 2. The van der Waals surface area contributed by atoms with Gasteiger partial charge < -0.3 is 10.1 Å². The number of nitrogens with one attached hydrogen (secondary N) is 1. The van der Waals surface area contributed by atoms with Gasteiger partial charge in [0.1, 0.15) is 11.9 Å². The van der Waals surface area contributed by atoms with Crippen molar-refractivity contribution in [1.29, 1.82) is 0 Å². The van der Waals surface area contributed by atoms with Gasteiger partial charge in [-0.15, -0.1) is 0 Å². The van der Waals surface area contributed by atoms with E-state index in [4.69, 9.17) is 4.74 Å². The van der Waals surface area contributed by atoms with E-state index < -0.39 is 4.92 Å². The molecule has 1 aromatic heterocycles. The van der Waals surface area contributed by atoms with Gasteiger partial charge >= 0.3 is 5.69 Å². The van der Waals surface area contributed by atoms with Crippen LogP contribution >= 0.6 is 0 Å². The molecule has 0 aliphatic carbocycles. The third kappa shape index (κ3) is 3.53. The van der Waals surface area contributed by atoms with Crippen molar-refractivity contribution in [2.75, 3.05) is 13.2 Å². The second kappa shape index (κ2) is 6.47. The number of ether oxygens (including phenoxy) is 1. The number of nitrogens with zero attached hydrogens (tertiary/aromatic N) is 3. The Labute approximate surface area is 116 Å². The van der Waals surface area contributed by atoms with Crippen LogP contribution in [-0.2, 0) is 16.1 Å². The van der Waals surface area contributed by atoms with Crippen LogP contribution in [0.3, 0.4) is 0 Å². The molecule has 1 fully saturated rings. The van der Waals surface area contributed by atoms with Gasteiger partial charge in [-0.2, -0.15) is 5.10 Å². The minimum absolute atomic E-state index is 0.0234. The first-order valence-corrected chi connectivity index (χ1v) is 6.63. The Bertz CT molecular complexity index is 494. The van der Waals surface area contributed by atoms with E-state index in [1.807, 2.05) is 0 Å². The Morgan fingerprint density at radius 3 is 3.10 bits per heavy atom. The molecule has 8 nitrogen and oxygen atoms in total. The Kier molecular flexibility index (Phi) is 4.67. The predicted octanol–water partition coefficient (Wildman–Crippen LogP) is 0.785. The third-order valence-electron chi connectivity index (χ3n) is 3.38. The van der Waals surface area contributed by atoms with E-state index >= 15 is 0 Å². The molecule has 2 rings (SSSR count). The molecule has 2 heterocycles. The molecule has 20 heavy (non-hydrogen) atoms. The molecule has 0 saturated carbocycles. The summed E-state index contributed by atoms with van der Waals surface area (Å²) < 4.78 is 6.88. The number of aryl methyl sites for hydroxylation is 1. The van der Waals surface area contributed by atoms with Crippen LogP contribution < -0.4 is 5.32 Å². The molecule has 1 aromatic rings. The lowest BCUT2D eigenvalue weighted by Gasteiger charge is -2.10. The zero-order valence-electron chi connectivity index (χ0n) is 11.4. The van der Waals surface area contributed by atoms with Gasteiger partial charge in [0.05, 0.1) is 17.6 Å². The minimum atomic E-state index is -0.476. The summed E-state index contributed by atoms with van der Waals surface area (Å²) in [7, 11) is 0. The summed E-state index contributed by atoms with van der Waals surface area (Å²) in [5.74, 6) is -0.0990. The summed E-state index contributed by atoms with van der Waals surface area (Å²) in [6, 6.07) is 0.